The molecular formula is C15H20F3N3O3S. The molecule has 1 heterocycles. The van der Waals surface area contributed by atoms with Gasteiger partial charge in [-0.2, -0.15) is 17.5 Å². The summed E-state index contributed by atoms with van der Waals surface area (Å²) >= 11 is 0. The first-order chi connectivity index (χ1) is 11.6. The third-order valence-corrected chi connectivity index (χ3v) is 5.85. The van der Waals surface area contributed by atoms with E-state index in [0.29, 0.717) is 26.2 Å². The van der Waals surface area contributed by atoms with Crippen LogP contribution in [-0.4, -0.2) is 69.1 Å². The number of alkyl halides is 3. The fraction of sp³-hybridized carbons (Fsp3) is 0.533. The molecule has 6 nitrogen and oxygen atoms in total. The summed E-state index contributed by atoms with van der Waals surface area (Å²) in [5, 5.41) is 2.42. The second-order valence-corrected chi connectivity index (χ2v) is 7.94. The Labute approximate surface area is 144 Å². The van der Waals surface area contributed by atoms with Gasteiger partial charge in [-0.15, -0.1) is 0 Å². The Hall–Kier alpha value is -1.65. The summed E-state index contributed by atoms with van der Waals surface area (Å²) in [4.78, 5) is 13.9. The molecule has 0 radical (unpaired) electrons. The van der Waals surface area contributed by atoms with Crippen LogP contribution in [0.25, 0.3) is 0 Å². The SMILES string of the molecule is CN1CCN(S(=O)(=O)CCNC(=O)c2ccc(C(F)(F)F)cc2)CC1. The number of nitrogens with zero attached hydrogens (tertiary/aromatic N) is 2. The molecule has 0 spiro atoms. The Morgan fingerprint density at radius 3 is 2.20 bits per heavy atom. The van der Waals surface area contributed by atoms with Gasteiger partial charge in [0, 0.05) is 38.3 Å². The molecule has 25 heavy (non-hydrogen) atoms. The zero-order chi connectivity index (χ0) is 18.7. The lowest BCUT2D eigenvalue weighted by Gasteiger charge is -2.31. The van der Waals surface area contributed by atoms with Crippen LogP contribution >= 0.6 is 0 Å². The molecule has 0 aliphatic carbocycles. The summed E-state index contributed by atoms with van der Waals surface area (Å²) in [6.07, 6.45) is -4.47. The zero-order valence-corrected chi connectivity index (χ0v) is 14.5. The molecule has 0 saturated carbocycles. The van der Waals surface area contributed by atoms with Gasteiger partial charge in [0.25, 0.3) is 5.91 Å². The van der Waals surface area contributed by atoms with Crippen molar-refractivity contribution >= 4 is 15.9 Å². The summed E-state index contributed by atoms with van der Waals surface area (Å²) in [6.45, 7) is 2.01. The predicted molar refractivity (Wildman–Crippen MR) is 86.6 cm³/mol. The van der Waals surface area contributed by atoms with Crippen LogP contribution in [-0.2, 0) is 16.2 Å². The normalized spacial score (nSPS) is 17.4. The van der Waals surface area contributed by atoms with E-state index in [2.05, 4.69) is 5.32 Å². The number of piperazine rings is 1. The van der Waals surface area contributed by atoms with Crippen LogP contribution in [0.15, 0.2) is 24.3 Å². The first-order valence-electron chi connectivity index (χ1n) is 7.71. The van der Waals surface area contributed by atoms with Crippen LogP contribution in [0.1, 0.15) is 15.9 Å². The van der Waals surface area contributed by atoms with E-state index >= 15 is 0 Å². The van der Waals surface area contributed by atoms with Gasteiger partial charge in [0.1, 0.15) is 0 Å². The number of rotatable bonds is 5. The standard InChI is InChI=1S/C15H20F3N3O3S/c1-20-7-9-21(10-8-20)25(23,24)11-6-19-14(22)12-2-4-13(5-3-12)15(16,17)18/h2-5H,6-11H2,1H3,(H,19,22). The van der Waals surface area contributed by atoms with Crippen molar-refractivity contribution in [3.63, 3.8) is 0 Å². The highest BCUT2D eigenvalue weighted by atomic mass is 32.2. The summed E-state index contributed by atoms with van der Waals surface area (Å²) in [7, 11) is -1.56. The topological polar surface area (TPSA) is 69.7 Å². The fourth-order valence-electron chi connectivity index (χ4n) is 2.40. The van der Waals surface area contributed by atoms with Crippen molar-refractivity contribution in [3.05, 3.63) is 35.4 Å². The Morgan fingerprint density at radius 1 is 1.12 bits per heavy atom. The number of sulfonamides is 1. The summed E-state index contributed by atoms with van der Waals surface area (Å²) < 4.78 is 63.2. The number of likely N-dealkylation sites (N-methyl/N-ethyl adjacent to an activating group) is 1. The molecular weight excluding hydrogens is 359 g/mol. The minimum Gasteiger partial charge on any atom is -0.351 e. The number of hydrogen-bond acceptors (Lipinski definition) is 4. The van der Waals surface area contributed by atoms with Gasteiger partial charge in [-0.05, 0) is 31.3 Å². The predicted octanol–water partition coefficient (Wildman–Crippen LogP) is 1.01. The van der Waals surface area contributed by atoms with Crippen molar-refractivity contribution < 1.29 is 26.4 Å². The Morgan fingerprint density at radius 2 is 1.68 bits per heavy atom. The van der Waals surface area contributed by atoms with Crippen molar-refractivity contribution in [1.82, 2.24) is 14.5 Å². The maximum atomic E-state index is 12.5. The van der Waals surface area contributed by atoms with E-state index < -0.39 is 27.7 Å². The maximum Gasteiger partial charge on any atom is 0.416 e. The Balaban J connectivity index is 1.85. The lowest BCUT2D eigenvalue weighted by molar-refractivity contribution is -0.137. The van der Waals surface area contributed by atoms with E-state index in [9.17, 15) is 26.4 Å². The molecule has 0 atom stereocenters. The highest BCUT2D eigenvalue weighted by Crippen LogP contribution is 2.29. The second-order valence-electron chi connectivity index (χ2n) is 5.85. The van der Waals surface area contributed by atoms with Crippen molar-refractivity contribution in [2.24, 2.45) is 0 Å². The van der Waals surface area contributed by atoms with Crippen LogP contribution in [0.4, 0.5) is 13.2 Å². The fourth-order valence-corrected chi connectivity index (χ4v) is 3.74. The monoisotopic (exact) mass is 379 g/mol. The minimum atomic E-state index is -4.47. The van der Waals surface area contributed by atoms with Crippen LogP contribution in [0.5, 0.6) is 0 Å². The Kier molecular flexibility index (Phi) is 6.07. The number of carbonyl (C=O) groups is 1. The van der Waals surface area contributed by atoms with Gasteiger partial charge in [-0.25, -0.2) is 8.42 Å². The number of benzene rings is 1. The van der Waals surface area contributed by atoms with Crippen LogP contribution in [0.3, 0.4) is 0 Å². The smallest absolute Gasteiger partial charge is 0.351 e. The van der Waals surface area contributed by atoms with E-state index in [0.717, 1.165) is 24.3 Å². The minimum absolute atomic E-state index is 0.0463. The van der Waals surface area contributed by atoms with Gasteiger partial charge in [0.2, 0.25) is 10.0 Å². The average molecular weight is 379 g/mol. The molecule has 0 bridgehead atoms. The molecule has 1 saturated heterocycles. The molecule has 1 aromatic rings. The lowest BCUT2D eigenvalue weighted by Crippen LogP contribution is -2.48. The molecule has 0 aromatic heterocycles. The first kappa shape index (κ1) is 19.7. The molecule has 1 aliphatic rings. The van der Waals surface area contributed by atoms with E-state index in [1.165, 1.54) is 4.31 Å². The first-order valence-corrected chi connectivity index (χ1v) is 9.32. The molecule has 2 rings (SSSR count). The van der Waals surface area contributed by atoms with Gasteiger partial charge in [0.05, 0.1) is 11.3 Å². The Bertz CT molecular complexity index is 697. The van der Waals surface area contributed by atoms with E-state index in [4.69, 9.17) is 0 Å². The third-order valence-electron chi connectivity index (χ3n) is 3.98. The number of amides is 1. The largest absolute Gasteiger partial charge is 0.416 e. The lowest BCUT2D eigenvalue weighted by atomic mass is 10.1. The van der Waals surface area contributed by atoms with Crippen LogP contribution in [0, 0.1) is 0 Å². The zero-order valence-electron chi connectivity index (χ0n) is 13.7. The molecule has 1 aromatic carbocycles. The van der Waals surface area contributed by atoms with Gasteiger partial charge < -0.3 is 10.2 Å². The summed E-state index contributed by atoms with van der Waals surface area (Å²) in [5.74, 6) is -0.856. The van der Waals surface area contributed by atoms with Gasteiger partial charge in [-0.3, -0.25) is 4.79 Å². The second kappa shape index (κ2) is 7.71. The van der Waals surface area contributed by atoms with Gasteiger partial charge in [0.15, 0.2) is 0 Å². The number of halogens is 3. The highest BCUT2D eigenvalue weighted by Gasteiger charge is 2.30. The van der Waals surface area contributed by atoms with Crippen LogP contribution in [0.2, 0.25) is 0 Å². The number of hydrogen-bond donors (Lipinski definition) is 1. The van der Waals surface area contributed by atoms with Crippen molar-refractivity contribution in [1.29, 1.82) is 0 Å². The molecule has 1 amide bonds. The molecule has 1 N–H and O–H groups in total. The van der Waals surface area contributed by atoms with E-state index in [1.54, 1.807) is 0 Å². The number of nitrogens with one attached hydrogen (secondary N) is 1. The van der Waals surface area contributed by atoms with Gasteiger partial charge >= 0.3 is 6.18 Å². The van der Waals surface area contributed by atoms with Gasteiger partial charge in [-0.1, -0.05) is 0 Å². The maximum absolute atomic E-state index is 12.5. The third kappa shape index (κ3) is 5.41. The van der Waals surface area contributed by atoms with Crippen LogP contribution < -0.4 is 5.32 Å². The molecule has 1 fully saturated rings. The molecule has 1 aliphatic heterocycles. The summed E-state index contributed by atoms with van der Waals surface area (Å²) in [6, 6.07) is 3.76. The molecule has 0 unspecified atom stereocenters. The molecule has 10 heteroatoms. The van der Waals surface area contributed by atoms with Crippen molar-refractivity contribution in [2.75, 3.05) is 45.5 Å². The van der Waals surface area contributed by atoms with E-state index in [-0.39, 0.29) is 17.9 Å². The highest BCUT2D eigenvalue weighted by molar-refractivity contribution is 7.89. The van der Waals surface area contributed by atoms with Crippen molar-refractivity contribution in [2.45, 2.75) is 6.18 Å². The van der Waals surface area contributed by atoms with Crippen molar-refractivity contribution in [3.8, 4) is 0 Å². The number of carbonyl (C=O) groups excluding carboxylic acids is 1. The quantitative estimate of drug-likeness (QED) is 0.829. The summed E-state index contributed by atoms with van der Waals surface area (Å²) in [5.41, 5.74) is -0.799. The van der Waals surface area contributed by atoms with E-state index in [1.807, 2.05) is 11.9 Å². The molecule has 140 valence electrons. The average Bonchev–Trinajstić information content (AvgIpc) is 2.54.